The van der Waals surface area contributed by atoms with E-state index in [2.05, 4.69) is 0 Å². The van der Waals surface area contributed by atoms with Gasteiger partial charge in [-0.05, 0) is 18.6 Å². The molecule has 0 spiro atoms. The molecule has 1 unspecified atom stereocenters. The zero-order chi connectivity index (χ0) is 16.6. The molecule has 0 aliphatic carbocycles. The van der Waals surface area contributed by atoms with Gasteiger partial charge in [0.1, 0.15) is 5.82 Å². The van der Waals surface area contributed by atoms with E-state index < -0.39 is 11.9 Å². The Morgan fingerprint density at radius 3 is 2.83 bits per heavy atom. The molecule has 0 radical (unpaired) electrons. The highest BCUT2D eigenvalue weighted by Crippen LogP contribution is 2.35. The molecule has 1 aromatic carbocycles. The summed E-state index contributed by atoms with van der Waals surface area (Å²) in [5.74, 6) is -2.05. The third kappa shape index (κ3) is 3.24. The smallest absolute Gasteiger partial charge is 0.308 e. The number of carboxylic acids is 1. The largest absolute Gasteiger partial charge is 0.481 e. The maximum absolute atomic E-state index is 14.1. The Bertz CT molecular complexity index is 779. The van der Waals surface area contributed by atoms with Crippen LogP contribution in [0.4, 0.5) is 4.39 Å². The van der Waals surface area contributed by atoms with Gasteiger partial charge in [0, 0.05) is 35.8 Å². The van der Waals surface area contributed by atoms with Gasteiger partial charge in [0.15, 0.2) is 0 Å². The number of benzene rings is 1. The van der Waals surface area contributed by atoms with Crippen LogP contribution in [0.3, 0.4) is 0 Å². The number of amides is 1. The Kier molecular flexibility index (Phi) is 5.79. The average molecular weight is 374 g/mol. The number of rotatable bonds is 4. The van der Waals surface area contributed by atoms with Crippen LogP contribution in [0.1, 0.15) is 21.7 Å². The Labute approximate surface area is 148 Å². The molecule has 1 N–H and O–H groups in total. The molecular formula is C16H17ClFNO4S. The second-order valence-electron chi connectivity index (χ2n) is 5.53. The molecule has 0 bridgehead atoms. The van der Waals surface area contributed by atoms with Gasteiger partial charge >= 0.3 is 5.97 Å². The molecule has 24 heavy (non-hydrogen) atoms. The molecule has 1 atom stereocenters. The van der Waals surface area contributed by atoms with Crippen LogP contribution < -0.4 is 0 Å². The van der Waals surface area contributed by atoms with Gasteiger partial charge < -0.3 is 14.7 Å². The lowest BCUT2D eigenvalue weighted by atomic mass is 10.1. The molecular weight excluding hydrogens is 357 g/mol. The molecule has 5 nitrogen and oxygen atoms in total. The van der Waals surface area contributed by atoms with Crippen LogP contribution in [0.5, 0.6) is 0 Å². The molecule has 130 valence electrons. The van der Waals surface area contributed by atoms with Gasteiger partial charge in [-0.1, -0.05) is 6.07 Å². The quantitative estimate of drug-likeness (QED) is 0.894. The fourth-order valence-corrected chi connectivity index (χ4v) is 4.10. The van der Waals surface area contributed by atoms with E-state index in [0.29, 0.717) is 33.5 Å². The Balaban J connectivity index is 0.00000208. The number of fused-ring (bicyclic) bond motifs is 1. The molecule has 1 amide bonds. The third-order valence-corrected chi connectivity index (χ3v) is 5.26. The number of carboxylic acid groups (broad SMARTS) is 1. The highest BCUT2D eigenvalue weighted by molar-refractivity contribution is 7.21. The maximum Gasteiger partial charge on any atom is 0.308 e. The number of ether oxygens (including phenoxy) is 1. The van der Waals surface area contributed by atoms with E-state index in [-0.39, 0.29) is 37.3 Å². The van der Waals surface area contributed by atoms with Crippen molar-refractivity contribution in [2.45, 2.75) is 13.0 Å². The summed E-state index contributed by atoms with van der Waals surface area (Å²) in [5.41, 5.74) is 0.536. The number of likely N-dealkylation sites (tertiary alicyclic amines) is 1. The topological polar surface area (TPSA) is 66.8 Å². The minimum atomic E-state index is -0.889. The summed E-state index contributed by atoms with van der Waals surface area (Å²) in [4.78, 5) is 25.8. The SMILES string of the molecule is COCc1c(C(=O)N2CCC(C(=O)O)C2)sc2cccc(F)c12.Cl. The van der Waals surface area contributed by atoms with Crippen molar-refractivity contribution in [3.05, 3.63) is 34.5 Å². The van der Waals surface area contributed by atoms with E-state index >= 15 is 0 Å². The van der Waals surface area contributed by atoms with Gasteiger partial charge in [0.05, 0.1) is 17.4 Å². The van der Waals surface area contributed by atoms with Crippen molar-refractivity contribution in [3.8, 4) is 0 Å². The minimum absolute atomic E-state index is 0. The van der Waals surface area contributed by atoms with Crippen LogP contribution >= 0.6 is 23.7 Å². The molecule has 1 aromatic heterocycles. The maximum atomic E-state index is 14.1. The first kappa shape index (κ1) is 18.6. The molecule has 2 heterocycles. The summed E-state index contributed by atoms with van der Waals surface area (Å²) < 4.78 is 20.0. The Hall–Kier alpha value is -1.70. The first-order chi connectivity index (χ1) is 11.0. The van der Waals surface area contributed by atoms with Crippen LogP contribution in [0, 0.1) is 11.7 Å². The van der Waals surface area contributed by atoms with Crippen LogP contribution in [0.25, 0.3) is 10.1 Å². The van der Waals surface area contributed by atoms with Crippen molar-refractivity contribution in [1.82, 2.24) is 4.90 Å². The molecule has 2 aromatic rings. The average Bonchev–Trinajstić information content (AvgIpc) is 3.13. The van der Waals surface area contributed by atoms with Crippen molar-refractivity contribution < 1.29 is 23.8 Å². The van der Waals surface area contributed by atoms with E-state index in [4.69, 9.17) is 9.84 Å². The molecule has 1 aliphatic heterocycles. The number of thiophene rings is 1. The number of methoxy groups -OCH3 is 1. The normalized spacial score (nSPS) is 17.1. The molecule has 8 heteroatoms. The number of hydrogen-bond acceptors (Lipinski definition) is 4. The van der Waals surface area contributed by atoms with Crippen molar-refractivity contribution in [1.29, 1.82) is 0 Å². The molecule has 1 fully saturated rings. The Morgan fingerprint density at radius 1 is 1.46 bits per heavy atom. The van der Waals surface area contributed by atoms with E-state index in [1.807, 2.05) is 0 Å². The first-order valence-electron chi connectivity index (χ1n) is 7.23. The predicted molar refractivity (Wildman–Crippen MR) is 91.4 cm³/mol. The third-order valence-electron chi connectivity index (χ3n) is 4.07. The molecule has 1 aliphatic rings. The van der Waals surface area contributed by atoms with Gasteiger partial charge in [-0.3, -0.25) is 9.59 Å². The van der Waals surface area contributed by atoms with E-state index in [9.17, 15) is 14.0 Å². The fourth-order valence-electron chi connectivity index (χ4n) is 2.91. The first-order valence-corrected chi connectivity index (χ1v) is 8.05. The number of aliphatic carboxylic acids is 1. The van der Waals surface area contributed by atoms with Crippen molar-refractivity contribution in [2.24, 2.45) is 5.92 Å². The second kappa shape index (κ2) is 7.46. The number of carbonyl (C=O) groups excluding carboxylic acids is 1. The molecule has 0 saturated carbocycles. The van der Waals surface area contributed by atoms with E-state index in [0.717, 1.165) is 0 Å². The fraction of sp³-hybridized carbons (Fsp3) is 0.375. The van der Waals surface area contributed by atoms with Crippen LogP contribution in [-0.4, -0.2) is 42.1 Å². The summed E-state index contributed by atoms with van der Waals surface area (Å²) in [6.07, 6.45) is 0.444. The molecule has 1 saturated heterocycles. The highest BCUT2D eigenvalue weighted by Gasteiger charge is 2.33. The summed E-state index contributed by atoms with van der Waals surface area (Å²) in [6.45, 7) is 0.731. The summed E-state index contributed by atoms with van der Waals surface area (Å²) in [7, 11) is 1.49. The Morgan fingerprint density at radius 2 is 2.21 bits per heavy atom. The van der Waals surface area contributed by atoms with E-state index in [1.165, 1.54) is 29.4 Å². The van der Waals surface area contributed by atoms with Crippen molar-refractivity contribution in [3.63, 3.8) is 0 Å². The number of nitrogens with zero attached hydrogens (tertiary/aromatic N) is 1. The van der Waals surface area contributed by atoms with Gasteiger partial charge in [-0.15, -0.1) is 23.7 Å². The standard InChI is InChI=1S/C16H16FNO4S.ClH/c1-22-8-10-13-11(17)3-2-4-12(13)23-14(10)15(19)18-6-5-9(7-18)16(20)21;/h2-4,9H,5-8H2,1H3,(H,20,21);1H. The van der Waals surface area contributed by atoms with Gasteiger partial charge in [0.25, 0.3) is 5.91 Å². The van der Waals surface area contributed by atoms with Gasteiger partial charge in [-0.2, -0.15) is 0 Å². The van der Waals surface area contributed by atoms with Crippen LogP contribution in [0.2, 0.25) is 0 Å². The number of halogens is 2. The summed E-state index contributed by atoms with van der Waals surface area (Å²) in [6, 6.07) is 4.73. The van der Waals surface area contributed by atoms with Gasteiger partial charge in [-0.25, -0.2) is 4.39 Å². The lowest BCUT2D eigenvalue weighted by Gasteiger charge is -2.15. The monoisotopic (exact) mass is 373 g/mol. The second-order valence-corrected chi connectivity index (χ2v) is 6.58. The van der Waals surface area contributed by atoms with Crippen molar-refractivity contribution >= 4 is 45.7 Å². The minimum Gasteiger partial charge on any atom is -0.481 e. The zero-order valence-electron chi connectivity index (χ0n) is 13.0. The van der Waals surface area contributed by atoms with Crippen molar-refractivity contribution in [2.75, 3.05) is 20.2 Å². The van der Waals surface area contributed by atoms with Crippen LogP contribution in [-0.2, 0) is 16.1 Å². The lowest BCUT2D eigenvalue weighted by Crippen LogP contribution is -2.30. The predicted octanol–water partition coefficient (Wildman–Crippen LogP) is 3.16. The van der Waals surface area contributed by atoms with Crippen LogP contribution in [0.15, 0.2) is 18.2 Å². The van der Waals surface area contributed by atoms with E-state index in [1.54, 1.807) is 12.1 Å². The summed E-state index contributed by atoms with van der Waals surface area (Å²) in [5, 5.41) is 9.48. The highest BCUT2D eigenvalue weighted by atomic mass is 35.5. The van der Waals surface area contributed by atoms with Gasteiger partial charge in [0.2, 0.25) is 0 Å². The molecule has 3 rings (SSSR count). The lowest BCUT2D eigenvalue weighted by molar-refractivity contribution is -0.141. The number of hydrogen-bond donors (Lipinski definition) is 1. The number of carbonyl (C=O) groups is 2. The summed E-state index contributed by atoms with van der Waals surface area (Å²) >= 11 is 1.22. The zero-order valence-corrected chi connectivity index (χ0v) is 14.6.